The summed E-state index contributed by atoms with van der Waals surface area (Å²) < 4.78 is 39.2. The Bertz CT molecular complexity index is 636. The molecule has 5 heteroatoms. The summed E-state index contributed by atoms with van der Waals surface area (Å²) in [5.74, 6) is 0. The maximum absolute atomic E-state index is 13.1. The van der Waals surface area contributed by atoms with Crippen LogP contribution in [0.3, 0.4) is 0 Å². The lowest BCUT2D eigenvalue weighted by atomic mass is 10.0. The van der Waals surface area contributed by atoms with Gasteiger partial charge in [-0.2, -0.15) is 13.2 Å². The number of anilines is 2. The van der Waals surface area contributed by atoms with Crippen molar-refractivity contribution >= 4 is 11.4 Å². The first-order valence-corrected chi connectivity index (χ1v) is 6.58. The summed E-state index contributed by atoms with van der Waals surface area (Å²) in [6.07, 6.45) is -4.44. The summed E-state index contributed by atoms with van der Waals surface area (Å²) in [5, 5.41) is 2.93. The number of aryl methyl sites for hydroxylation is 1. The van der Waals surface area contributed by atoms with E-state index >= 15 is 0 Å². The van der Waals surface area contributed by atoms with E-state index in [9.17, 15) is 13.2 Å². The minimum Gasteiger partial charge on any atom is -0.399 e. The fourth-order valence-electron chi connectivity index (χ4n) is 2.31. The molecule has 0 heterocycles. The molecule has 112 valence electrons. The average molecular weight is 294 g/mol. The number of hydrogen-bond acceptors (Lipinski definition) is 2. The van der Waals surface area contributed by atoms with Gasteiger partial charge in [0.25, 0.3) is 0 Å². The van der Waals surface area contributed by atoms with E-state index in [1.54, 1.807) is 0 Å². The first-order valence-electron chi connectivity index (χ1n) is 6.58. The smallest absolute Gasteiger partial charge is 0.399 e. The van der Waals surface area contributed by atoms with E-state index in [1.165, 1.54) is 12.1 Å². The minimum atomic E-state index is -4.44. The quantitative estimate of drug-likeness (QED) is 0.800. The molecule has 0 radical (unpaired) electrons. The van der Waals surface area contributed by atoms with Crippen molar-refractivity contribution in [2.24, 2.45) is 0 Å². The third-order valence-electron chi connectivity index (χ3n) is 3.38. The summed E-state index contributed by atoms with van der Waals surface area (Å²) in [7, 11) is 0. The number of hydrogen-bond donors (Lipinski definition) is 2. The van der Waals surface area contributed by atoms with E-state index in [2.05, 4.69) is 5.32 Å². The molecule has 0 amide bonds. The maximum Gasteiger partial charge on any atom is 0.418 e. The van der Waals surface area contributed by atoms with Crippen LogP contribution < -0.4 is 11.1 Å². The van der Waals surface area contributed by atoms with Gasteiger partial charge in [-0.15, -0.1) is 0 Å². The van der Waals surface area contributed by atoms with Gasteiger partial charge >= 0.3 is 6.18 Å². The van der Waals surface area contributed by atoms with E-state index in [0.29, 0.717) is 0 Å². The van der Waals surface area contributed by atoms with Crippen LogP contribution in [0.4, 0.5) is 24.5 Å². The van der Waals surface area contributed by atoms with Gasteiger partial charge in [-0.05, 0) is 43.2 Å². The lowest BCUT2D eigenvalue weighted by Crippen LogP contribution is -2.14. The van der Waals surface area contributed by atoms with Crippen LogP contribution in [-0.4, -0.2) is 0 Å². The lowest BCUT2D eigenvalue weighted by molar-refractivity contribution is -0.136. The molecule has 3 N–H and O–H groups in total. The summed E-state index contributed by atoms with van der Waals surface area (Å²) in [6, 6.07) is 11.1. The fourth-order valence-corrected chi connectivity index (χ4v) is 2.31. The van der Waals surface area contributed by atoms with Gasteiger partial charge in [0.15, 0.2) is 0 Å². The number of rotatable bonds is 3. The van der Waals surface area contributed by atoms with E-state index in [1.807, 2.05) is 38.1 Å². The summed E-state index contributed by atoms with van der Waals surface area (Å²) in [6.45, 7) is 3.76. The van der Waals surface area contributed by atoms with Crippen molar-refractivity contribution in [3.05, 3.63) is 59.2 Å². The molecule has 0 saturated heterocycles. The molecule has 0 bridgehead atoms. The van der Waals surface area contributed by atoms with Crippen LogP contribution >= 0.6 is 0 Å². The lowest BCUT2D eigenvalue weighted by Gasteiger charge is -2.21. The normalized spacial score (nSPS) is 13.0. The van der Waals surface area contributed by atoms with Crippen LogP contribution in [0.1, 0.15) is 29.7 Å². The van der Waals surface area contributed by atoms with Gasteiger partial charge in [0, 0.05) is 17.4 Å². The van der Waals surface area contributed by atoms with Crippen molar-refractivity contribution in [3.8, 4) is 0 Å². The largest absolute Gasteiger partial charge is 0.418 e. The molecule has 0 aliphatic carbocycles. The number of nitrogen functional groups attached to an aromatic ring is 1. The minimum absolute atomic E-state index is 0.0347. The molecular formula is C16H17F3N2. The Morgan fingerprint density at radius 1 is 1.10 bits per heavy atom. The molecule has 2 aromatic carbocycles. The van der Waals surface area contributed by atoms with Crippen molar-refractivity contribution in [2.45, 2.75) is 26.1 Å². The molecular weight excluding hydrogens is 277 g/mol. The molecule has 1 unspecified atom stereocenters. The highest BCUT2D eigenvalue weighted by Gasteiger charge is 2.34. The second-order valence-electron chi connectivity index (χ2n) is 5.03. The number of nitrogens with two attached hydrogens (primary N) is 1. The van der Waals surface area contributed by atoms with Crippen molar-refractivity contribution < 1.29 is 13.2 Å². The standard InChI is InChI=1S/C16H17F3N2/c1-10-5-3-4-6-13(10)11(2)21-15-8-7-12(20)9-14(15)16(17,18)19/h3-9,11,21H,20H2,1-2H3. The Hall–Kier alpha value is -2.17. The highest BCUT2D eigenvalue weighted by molar-refractivity contribution is 5.60. The third-order valence-corrected chi connectivity index (χ3v) is 3.38. The molecule has 0 fully saturated rings. The van der Waals surface area contributed by atoms with Crippen LogP contribution in [-0.2, 0) is 6.18 Å². The van der Waals surface area contributed by atoms with E-state index in [4.69, 9.17) is 5.73 Å². The van der Waals surface area contributed by atoms with Gasteiger partial charge < -0.3 is 11.1 Å². The molecule has 0 aromatic heterocycles. The van der Waals surface area contributed by atoms with Crippen LogP contribution in [0.2, 0.25) is 0 Å². The average Bonchev–Trinajstić information content (AvgIpc) is 2.40. The SMILES string of the molecule is Cc1ccccc1C(C)Nc1ccc(N)cc1C(F)(F)F. The van der Waals surface area contributed by atoms with Gasteiger partial charge in [-0.1, -0.05) is 24.3 Å². The summed E-state index contributed by atoms with van der Waals surface area (Å²) in [5.41, 5.74) is 6.83. The van der Waals surface area contributed by atoms with E-state index in [-0.39, 0.29) is 17.4 Å². The first kappa shape index (κ1) is 15.2. The molecule has 1 atom stereocenters. The Kier molecular flexibility index (Phi) is 4.11. The molecule has 21 heavy (non-hydrogen) atoms. The van der Waals surface area contributed by atoms with Crippen LogP contribution in [0.5, 0.6) is 0 Å². The molecule has 2 aromatic rings. The van der Waals surface area contributed by atoms with Gasteiger partial charge in [0.1, 0.15) is 0 Å². The summed E-state index contributed by atoms with van der Waals surface area (Å²) >= 11 is 0. The van der Waals surface area contributed by atoms with Gasteiger partial charge in [-0.3, -0.25) is 0 Å². The highest BCUT2D eigenvalue weighted by Crippen LogP contribution is 2.37. The zero-order valence-corrected chi connectivity index (χ0v) is 11.8. The molecule has 2 rings (SSSR count). The number of benzene rings is 2. The second kappa shape index (κ2) is 5.68. The maximum atomic E-state index is 13.1. The Balaban J connectivity index is 2.34. The van der Waals surface area contributed by atoms with E-state index < -0.39 is 11.7 Å². The van der Waals surface area contributed by atoms with Gasteiger partial charge in [-0.25, -0.2) is 0 Å². The molecule has 2 nitrogen and oxygen atoms in total. The predicted octanol–water partition coefficient (Wildman–Crippen LogP) is 4.77. The van der Waals surface area contributed by atoms with Gasteiger partial charge in [0.2, 0.25) is 0 Å². The Morgan fingerprint density at radius 2 is 1.76 bits per heavy atom. The zero-order chi connectivity index (χ0) is 15.6. The molecule has 0 saturated carbocycles. The van der Waals surface area contributed by atoms with Crippen molar-refractivity contribution in [1.82, 2.24) is 0 Å². The Labute approximate surface area is 121 Å². The number of alkyl halides is 3. The van der Waals surface area contributed by atoms with Crippen molar-refractivity contribution in [3.63, 3.8) is 0 Å². The fraction of sp³-hybridized carbons (Fsp3) is 0.250. The summed E-state index contributed by atoms with van der Waals surface area (Å²) in [4.78, 5) is 0. The molecule has 0 aliphatic heterocycles. The molecule has 0 spiro atoms. The zero-order valence-electron chi connectivity index (χ0n) is 11.8. The van der Waals surface area contributed by atoms with Crippen LogP contribution in [0.25, 0.3) is 0 Å². The first-order chi connectivity index (χ1) is 9.79. The van der Waals surface area contributed by atoms with Crippen molar-refractivity contribution in [1.29, 1.82) is 0 Å². The molecule has 0 aliphatic rings. The van der Waals surface area contributed by atoms with Crippen LogP contribution in [0, 0.1) is 6.92 Å². The number of halogens is 3. The number of nitrogens with one attached hydrogen (secondary N) is 1. The topological polar surface area (TPSA) is 38.0 Å². The second-order valence-corrected chi connectivity index (χ2v) is 5.03. The third kappa shape index (κ3) is 3.48. The van der Waals surface area contributed by atoms with Crippen molar-refractivity contribution in [2.75, 3.05) is 11.1 Å². The van der Waals surface area contributed by atoms with E-state index in [0.717, 1.165) is 17.2 Å². The van der Waals surface area contributed by atoms with Crippen LogP contribution in [0.15, 0.2) is 42.5 Å². The predicted molar refractivity (Wildman–Crippen MR) is 79.1 cm³/mol. The van der Waals surface area contributed by atoms with Gasteiger partial charge in [0.05, 0.1) is 5.56 Å². The highest BCUT2D eigenvalue weighted by atomic mass is 19.4. The Morgan fingerprint density at radius 3 is 2.38 bits per heavy atom. The monoisotopic (exact) mass is 294 g/mol.